The van der Waals surface area contributed by atoms with Crippen molar-refractivity contribution in [1.82, 2.24) is 9.55 Å². The van der Waals surface area contributed by atoms with E-state index in [4.69, 9.17) is 4.74 Å². The van der Waals surface area contributed by atoms with Crippen LogP contribution in [-0.2, 0) is 4.74 Å². The van der Waals surface area contributed by atoms with Gasteiger partial charge in [0.2, 0.25) is 5.95 Å². The van der Waals surface area contributed by atoms with Gasteiger partial charge >= 0.3 is 0 Å². The van der Waals surface area contributed by atoms with Gasteiger partial charge in [-0.2, -0.15) is 11.8 Å². The first kappa shape index (κ1) is 13.7. The second-order valence-corrected chi connectivity index (χ2v) is 5.70. The molecule has 0 saturated carbocycles. The van der Waals surface area contributed by atoms with Gasteiger partial charge in [-0.15, -0.1) is 0 Å². The van der Waals surface area contributed by atoms with Crippen molar-refractivity contribution in [2.24, 2.45) is 0 Å². The first-order valence-corrected chi connectivity index (χ1v) is 7.99. The third-order valence-corrected chi connectivity index (χ3v) is 4.25. The van der Waals surface area contributed by atoms with E-state index in [9.17, 15) is 0 Å². The third kappa shape index (κ3) is 3.92. The molecule has 5 heteroatoms. The van der Waals surface area contributed by atoms with Gasteiger partial charge in [-0.05, 0) is 37.7 Å². The Morgan fingerprint density at radius 3 is 3.11 bits per heavy atom. The van der Waals surface area contributed by atoms with Gasteiger partial charge in [-0.25, -0.2) is 4.98 Å². The minimum absolute atomic E-state index is 0.628. The predicted octanol–water partition coefficient (Wildman–Crippen LogP) is 2.79. The summed E-state index contributed by atoms with van der Waals surface area (Å²) in [5, 5.41) is 3.41. The zero-order chi connectivity index (χ0) is 12.6. The Kier molecular flexibility index (Phi) is 5.87. The summed E-state index contributed by atoms with van der Waals surface area (Å²) in [5.74, 6) is 3.56. The van der Waals surface area contributed by atoms with Crippen molar-refractivity contribution in [3.05, 3.63) is 12.4 Å². The average molecular weight is 269 g/mol. The number of hydrogen-bond acceptors (Lipinski definition) is 4. The molecule has 0 bridgehead atoms. The molecule has 1 aromatic rings. The van der Waals surface area contributed by atoms with Crippen molar-refractivity contribution in [2.75, 3.05) is 36.6 Å². The lowest BCUT2D eigenvalue weighted by Gasteiger charge is -2.24. The molecule has 2 heterocycles. The highest BCUT2D eigenvalue weighted by atomic mass is 32.2. The Labute approximate surface area is 114 Å². The summed E-state index contributed by atoms with van der Waals surface area (Å²) < 4.78 is 7.64. The molecule has 0 aromatic carbocycles. The zero-order valence-electron chi connectivity index (χ0n) is 11.1. The van der Waals surface area contributed by atoms with Gasteiger partial charge in [-0.3, -0.25) is 0 Å². The lowest BCUT2D eigenvalue weighted by Crippen LogP contribution is -2.18. The van der Waals surface area contributed by atoms with Gasteiger partial charge < -0.3 is 14.6 Å². The molecule has 0 atom stereocenters. The lowest BCUT2D eigenvalue weighted by atomic mass is 10.1. The highest BCUT2D eigenvalue weighted by molar-refractivity contribution is 7.99. The monoisotopic (exact) mass is 269 g/mol. The molecule has 1 aromatic heterocycles. The summed E-state index contributed by atoms with van der Waals surface area (Å²) in [6, 6.07) is 0.628. The molecule has 1 aliphatic rings. The van der Waals surface area contributed by atoms with Crippen LogP contribution in [0.5, 0.6) is 0 Å². The van der Waals surface area contributed by atoms with Crippen LogP contribution in [0.2, 0.25) is 0 Å². The fourth-order valence-corrected chi connectivity index (χ4v) is 3.31. The van der Waals surface area contributed by atoms with Gasteiger partial charge in [0.15, 0.2) is 0 Å². The molecular weight excluding hydrogens is 246 g/mol. The van der Waals surface area contributed by atoms with Crippen LogP contribution in [0.25, 0.3) is 0 Å². The molecule has 102 valence electrons. The number of nitrogens with one attached hydrogen (secondary N) is 1. The van der Waals surface area contributed by atoms with E-state index in [0.717, 1.165) is 32.1 Å². The summed E-state index contributed by atoms with van der Waals surface area (Å²) >= 11 is 2.06. The SMILES string of the molecule is CCOCCCNc1nccn1C1CCSCC1. The minimum Gasteiger partial charge on any atom is -0.382 e. The van der Waals surface area contributed by atoms with E-state index in [-0.39, 0.29) is 0 Å². The zero-order valence-corrected chi connectivity index (χ0v) is 11.9. The number of hydrogen-bond donors (Lipinski definition) is 1. The molecule has 0 aliphatic carbocycles. The molecular formula is C13H23N3OS. The van der Waals surface area contributed by atoms with E-state index < -0.39 is 0 Å². The van der Waals surface area contributed by atoms with Crippen LogP contribution in [0.15, 0.2) is 12.4 Å². The maximum Gasteiger partial charge on any atom is 0.203 e. The molecule has 18 heavy (non-hydrogen) atoms. The van der Waals surface area contributed by atoms with Gasteiger partial charge in [0.1, 0.15) is 0 Å². The van der Waals surface area contributed by atoms with E-state index in [0.29, 0.717) is 6.04 Å². The van der Waals surface area contributed by atoms with E-state index >= 15 is 0 Å². The largest absolute Gasteiger partial charge is 0.382 e. The van der Waals surface area contributed by atoms with Crippen LogP contribution < -0.4 is 5.32 Å². The number of nitrogens with zero attached hydrogens (tertiary/aromatic N) is 2. The van der Waals surface area contributed by atoms with E-state index in [1.54, 1.807) is 0 Å². The summed E-state index contributed by atoms with van der Waals surface area (Å²) in [6.07, 6.45) is 7.54. The summed E-state index contributed by atoms with van der Waals surface area (Å²) in [7, 11) is 0. The van der Waals surface area contributed by atoms with Crippen molar-refractivity contribution in [3.8, 4) is 0 Å². The first-order chi connectivity index (χ1) is 8.92. The molecule has 0 spiro atoms. The molecule has 1 aliphatic heterocycles. The highest BCUT2D eigenvalue weighted by Crippen LogP contribution is 2.28. The molecule has 0 radical (unpaired) electrons. The maximum atomic E-state index is 5.33. The second-order valence-electron chi connectivity index (χ2n) is 4.48. The van der Waals surface area contributed by atoms with Crippen LogP contribution in [-0.4, -0.2) is 40.8 Å². The maximum absolute atomic E-state index is 5.33. The standard InChI is InChI=1S/C13H23N3OS/c1-2-17-9-3-6-14-13-15-7-8-16(13)12-4-10-18-11-5-12/h7-8,12H,2-6,9-11H2,1H3,(H,14,15). The molecule has 2 rings (SSSR count). The van der Waals surface area contributed by atoms with E-state index in [2.05, 4.69) is 32.8 Å². The molecule has 4 nitrogen and oxygen atoms in total. The smallest absolute Gasteiger partial charge is 0.203 e. The average Bonchev–Trinajstić information content (AvgIpc) is 2.88. The molecule has 0 unspecified atom stereocenters. The predicted molar refractivity (Wildman–Crippen MR) is 77.4 cm³/mol. The number of anilines is 1. The van der Waals surface area contributed by atoms with Crippen molar-refractivity contribution in [1.29, 1.82) is 0 Å². The van der Waals surface area contributed by atoms with Gasteiger partial charge in [0.05, 0.1) is 0 Å². The third-order valence-electron chi connectivity index (χ3n) is 3.21. The minimum atomic E-state index is 0.628. The van der Waals surface area contributed by atoms with Crippen LogP contribution in [0.1, 0.15) is 32.2 Å². The van der Waals surface area contributed by atoms with Gasteiger partial charge in [-0.1, -0.05) is 0 Å². The Morgan fingerprint density at radius 2 is 2.33 bits per heavy atom. The van der Waals surface area contributed by atoms with Crippen molar-refractivity contribution in [2.45, 2.75) is 32.2 Å². The van der Waals surface area contributed by atoms with Gasteiger partial charge in [0, 0.05) is 38.2 Å². The Bertz CT molecular complexity index is 337. The van der Waals surface area contributed by atoms with E-state index in [1.165, 1.54) is 24.3 Å². The Balaban J connectivity index is 1.79. The topological polar surface area (TPSA) is 39.1 Å². The Hall–Kier alpha value is -0.680. The quantitative estimate of drug-likeness (QED) is 0.773. The summed E-state index contributed by atoms with van der Waals surface area (Å²) in [6.45, 7) is 4.58. The first-order valence-electron chi connectivity index (χ1n) is 6.84. The van der Waals surface area contributed by atoms with Crippen LogP contribution >= 0.6 is 11.8 Å². The van der Waals surface area contributed by atoms with Crippen molar-refractivity contribution >= 4 is 17.7 Å². The van der Waals surface area contributed by atoms with Crippen LogP contribution in [0.3, 0.4) is 0 Å². The molecule has 1 saturated heterocycles. The fourth-order valence-electron chi connectivity index (χ4n) is 2.23. The van der Waals surface area contributed by atoms with Gasteiger partial charge in [0.25, 0.3) is 0 Å². The second kappa shape index (κ2) is 7.69. The lowest BCUT2D eigenvalue weighted by molar-refractivity contribution is 0.147. The molecule has 0 amide bonds. The number of ether oxygens (including phenoxy) is 1. The number of imidazole rings is 1. The van der Waals surface area contributed by atoms with Crippen LogP contribution in [0.4, 0.5) is 5.95 Å². The summed E-state index contributed by atoms with van der Waals surface area (Å²) in [4.78, 5) is 4.41. The summed E-state index contributed by atoms with van der Waals surface area (Å²) in [5.41, 5.74) is 0. The normalized spacial score (nSPS) is 16.9. The van der Waals surface area contributed by atoms with Crippen molar-refractivity contribution < 1.29 is 4.74 Å². The Morgan fingerprint density at radius 1 is 1.50 bits per heavy atom. The van der Waals surface area contributed by atoms with E-state index in [1.807, 2.05) is 13.1 Å². The number of aromatic nitrogens is 2. The number of thioether (sulfide) groups is 1. The molecule has 1 fully saturated rings. The fraction of sp³-hybridized carbons (Fsp3) is 0.769. The van der Waals surface area contributed by atoms with Crippen molar-refractivity contribution in [3.63, 3.8) is 0 Å². The highest BCUT2D eigenvalue weighted by Gasteiger charge is 2.17. The number of rotatable bonds is 7. The molecule has 1 N–H and O–H groups in total. The van der Waals surface area contributed by atoms with Crippen LogP contribution in [0, 0.1) is 0 Å².